The van der Waals surface area contributed by atoms with Gasteiger partial charge in [0.05, 0.1) is 0 Å². The van der Waals surface area contributed by atoms with Gasteiger partial charge in [-0.2, -0.15) is 0 Å². The van der Waals surface area contributed by atoms with Crippen LogP contribution in [0.5, 0.6) is 0 Å². The third kappa shape index (κ3) is 1.97. The zero-order chi connectivity index (χ0) is 8.97. The highest BCUT2D eigenvalue weighted by molar-refractivity contribution is 5.84. The molecule has 70 valence electrons. The molecule has 0 bridgehead atoms. The summed E-state index contributed by atoms with van der Waals surface area (Å²) in [5.41, 5.74) is 2.73. The van der Waals surface area contributed by atoms with Gasteiger partial charge in [-0.1, -0.05) is 13.3 Å². The van der Waals surface area contributed by atoms with Gasteiger partial charge >= 0.3 is 0 Å². The van der Waals surface area contributed by atoms with E-state index in [1.807, 2.05) is 6.92 Å². The van der Waals surface area contributed by atoms with Crippen LogP contribution >= 0.6 is 0 Å². The summed E-state index contributed by atoms with van der Waals surface area (Å²) in [6, 6.07) is 0. The van der Waals surface area contributed by atoms with Crippen LogP contribution in [0.3, 0.4) is 0 Å². The molecule has 3 heteroatoms. The second-order valence-electron chi connectivity index (χ2n) is 3.52. The summed E-state index contributed by atoms with van der Waals surface area (Å²) in [6.07, 6.45) is 3.87. The summed E-state index contributed by atoms with van der Waals surface area (Å²) in [6.45, 7) is 5.14. The fraction of sp³-hybridized carbons (Fsp3) is 0.889. The number of hydrogen-bond acceptors (Lipinski definition) is 2. The summed E-state index contributed by atoms with van der Waals surface area (Å²) >= 11 is 0. The number of amidine groups is 1. The summed E-state index contributed by atoms with van der Waals surface area (Å²) in [4.78, 5) is 4.36. The van der Waals surface area contributed by atoms with Crippen LogP contribution in [0.15, 0.2) is 4.99 Å². The second-order valence-corrected chi connectivity index (χ2v) is 3.52. The maximum Gasteiger partial charge on any atom is 0.114 e. The van der Waals surface area contributed by atoms with E-state index in [1.54, 1.807) is 0 Å². The van der Waals surface area contributed by atoms with Gasteiger partial charge in [-0.15, -0.1) is 0 Å². The van der Waals surface area contributed by atoms with Gasteiger partial charge in [0.15, 0.2) is 0 Å². The Kier molecular flexibility index (Phi) is 3.53. The first kappa shape index (κ1) is 9.52. The number of aliphatic imine (C=N–C) groups is 1. The van der Waals surface area contributed by atoms with E-state index in [-0.39, 0.29) is 0 Å². The Morgan fingerprint density at radius 2 is 2.33 bits per heavy atom. The molecule has 2 atom stereocenters. The topological polar surface area (TPSA) is 50.4 Å². The molecule has 1 saturated carbocycles. The number of hydrazine groups is 1. The van der Waals surface area contributed by atoms with Crippen molar-refractivity contribution in [2.24, 2.45) is 22.7 Å². The lowest BCUT2D eigenvalue weighted by atomic mass is 9.97. The molecule has 12 heavy (non-hydrogen) atoms. The van der Waals surface area contributed by atoms with Crippen molar-refractivity contribution in [3.8, 4) is 0 Å². The van der Waals surface area contributed by atoms with Crippen molar-refractivity contribution in [3.63, 3.8) is 0 Å². The number of hydrogen-bond donors (Lipinski definition) is 2. The number of nitrogens with two attached hydrogens (primary N) is 1. The molecule has 0 aliphatic heterocycles. The summed E-state index contributed by atoms with van der Waals surface area (Å²) in [7, 11) is 0. The number of nitrogens with zero attached hydrogens (tertiary/aromatic N) is 1. The highest BCUT2D eigenvalue weighted by atomic mass is 15.3. The molecule has 1 rings (SSSR count). The van der Waals surface area contributed by atoms with Crippen LogP contribution in [0, 0.1) is 11.8 Å². The smallest absolute Gasteiger partial charge is 0.114 e. The van der Waals surface area contributed by atoms with Gasteiger partial charge < -0.3 is 5.43 Å². The van der Waals surface area contributed by atoms with Crippen LogP contribution in [0.4, 0.5) is 0 Å². The SMILES string of the molecule is CCN=C(NN)C1CCCC1C. The van der Waals surface area contributed by atoms with E-state index in [1.165, 1.54) is 19.3 Å². The van der Waals surface area contributed by atoms with Gasteiger partial charge in [-0.3, -0.25) is 4.99 Å². The molecule has 0 radical (unpaired) electrons. The maximum absolute atomic E-state index is 5.42. The molecule has 1 aliphatic rings. The fourth-order valence-electron chi connectivity index (χ4n) is 1.99. The molecule has 0 amide bonds. The quantitative estimate of drug-likeness (QED) is 0.283. The zero-order valence-electron chi connectivity index (χ0n) is 8.01. The van der Waals surface area contributed by atoms with E-state index in [4.69, 9.17) is 5.84 Å². The molecule has 0 saturated heterocycles. The van der Waals surface area contributed by atoms with Crippen molar-refractivity contribution in [3.05, 3.63) is 0 Å². The summed E-state index contributed by atoms with van der Waals surface area (Å²) in [5, 5.41) is 0. The van der Waals surface area contributed by atoms with E-state index in [9.17, 15) is 0 Å². The second kappa shape index (κ2) is 4.45. The molecule has 0 spiro atoms. The highest BCUT2D eigenvalue weighted by Gasteiger charge is 2.27. The van der Waals surface area contributed by atoms with Crippen LogP contribution in [-0.4, -0.2) is 12.4 Å². The van der Waals surface area contributed by atoms with Crippen LogP contribution in [0.25, 0.3) is 0 Å². The van der Waals surface area contributed by atoms with Crippen LogP contribution in [0.2, 0.25) is 0 Å². The maximum atomic E-state index is 5.42. The molecule has 2 unspecified atom stereocenters. The number of rotatable bonds is 2. The summed E-state index contributed by atoms with van der Waals surface area (Å²) in [5.74, 6) is 7.74. The standard InChI is InChI=1S/C9H19N3/c1-3-11-9(12-10)8-6-4-5-7(8)2/h7-8H,3-6,10H2,1-2H3,(H,11,12). The Labute approximate surface area is 74.4 Å². The lowest BCUT2D eigenvalue weighted by Gasteiger charge is -2.17. The monoisotopic (exact) mass is 169 g/mol. The van der Waals surface area contributed by atoms with Crippen LogP contribution in [-0.2, 0) is 0 Å². The Hall–Kier alpha value is -0.570. The summed E-state index contributed by atoms with van der Waals surface area (Å²) < 4.78 is 0. The molecule has 1 fully saturated rings. The molecular weight excluding hydrogens is 150 g/mol. The Bertz CT molecular complexity index is 165. The van der Waals surface area contributed by atoms with Crippen molar-refractivity contribution in [1.82, 2.24) is 5.43 Å². The average molecular weight is 169 g/mol. The first-order chi connectivity index (χ1) is 5.79. The molecule has 0 aromatic carbocycles. The normalized spacial score (nSPS) is 30.8. The fourth-order valence-corrected chi connectivity index (χ4v) is 1.99. The van der Waals surface area contributed by atoms with E-state index < -0.39 is 0 Å². The first-order valence-electron chi connectivity index (χ1n) is 4.80. The van der Waals surface area contributed by atoms with E-state index in [0.717, 1.165) is 18.3 Å². The van der Waals surface area contributed by atoms with Gasteiger partial charge in [-0.05, 0) is 25.7 Å². The predicted octanol–water partition coefficient (Wildman–Crippen LogP) is 1.30. The van der Waals surface area contributed by atoms with Gasteiger partial charge in [0.25, 0.3) is 0 Å². The molecule has 3 N–H and O–H groups in total. The van der Waals surface area contributed by atoms with Crippen LogP contribution < -0.4 is 11.3 Å². The highest BCUT2D eigenvalue weighted by Crippen LogP contribution is 2.31. The van der Waals surface area contributed by atoms with Crippen molar-refractivity contribution in [1.29, 1.82) is 0 Å². The van der Waals surface area contributed by atoms with Gasteiger partial charge in [0.2, 0.25) is 0 Å². The Morgan fingerprint density at radius 1 is 1.58 bits per heavy atom. The lowest BCUT2D eigenvalue weighted by Crippen LogP contribution is -2.37. The van der Waals surface area contributed by atoms with Crippen molar-refractivity contribution >= 4 is 5.84 Å². The minimum atomic E-state index is 0.579. The third-order valence-electron chi connectivity index (χ3n) is 2.69. The largest absolute Gasteiger partial charge is 0.312 e. The van der Waals surface area contributed by atoms with Crippen molar-refractivity contribution in [2.45, 2.75) is 33.1 Å². The van der Waals surface area contributed by atoms with Crippen LogP contribution in [0.1, 0.15) is 33.1 Å². The molecule has 0 heterocycles. The minimum absolute atomic E-state index is 0.579. The predicted molar refractivity (Wildman–Crippen MR) is 51.8 cm³/mol. The molecule has 3 nitrogen and oxygen atoms in total. The molecule has 0 aromatic heterocycles. The number of nitrogens with one attached hydrogen (secondary N) is 1. The average Bonchev–Trinajstić information content (AvgIpc) is 2.47. The minimum Gasteiger partial charge on any atom is -0.312 e. The molecule has 1 aliphatic carbocycles. The molecular formula is C9H19N3. The third-order valence-corrected chi connectivity index (χ3v) is 2.69. The lowest BCUT2D eigenvalue weighted by molar-refractivity contribution is 0.517. The van der Waals surface area contributed by atoms with Crippen molar-refractivity contribution in [2.75, 3.05) is 6.54 Å². The molecule has 0 aromatic rings. The van der Waals surface area contributed by atoms with Gasteiger partial charge in [-0.25, -0.2) is 5.84 Å². The van der Waals surface area contributed by atoms with Crippen molar-refractivity contribution < 1.29 is 0 Å². The van der Waals surface area contributed by atoms with E-state index in [0.29, 0.717) is 5.92 Å². The van der Waals surface area contributed by atoms with Gasteiger partial charge in [0.1, 0.15) is 5.84 Å². The van der Waals surface area contributed by atoms with Gasteiger partial charge in [0, 0.05) is 12.5 Å². The zero-order valence-corrected chi connectivity index (χ0v) is 8.01. The van der Waals surface area contributed by atoms with E-state index >= 15 is 0 Å². The van der Waals surface area contributed by atoms with E-state index in [2.05, 4.69) is 17.3 Å². The first-order valence-corrected chi connectivity index (χ1v) is 4.80. The Balaban J connectivity index is 2.58. The Morgan fingerprint density at radius 3 is 2.75 bits per heavy atom.